The van der Waals surface area contributed by atoms with Gasteiger partial charge in [-0.05, 0) is 18.0 Å². The second kappa shape index (κ2) is 6.08. The molecule has 0 saturated carbocycles. The van der Waals surface area contributed by atoms with E-state index in [2.05, 4.69) is 5.16 Å². The SMILES string of the molecule is COc1cc(CCC(=O)N2CCC3(CCCO3)C(=O)C2)on1. The van der Waals surface area contributed by atoms with Gasteiger partial charge in [-0.3, -0.25) is 9.59 Å². The Morgan fingerprint density at radius 1 is 1.50 bits per heavy atom. The molecule has 2 aliphatic rings. The predicted octanol–water partition coefficient (Wildman–Crippen LogP) is 0.966. The van der Waals surface area contributed by atoms with E-state index in [1.54, 1.807) is 11.0 Å². The molecule has 3 heterocycles. The normalized spacial score (nSPS) is 25.0. The highest BCUT2D eigenvalue weighted by Crippen LogP contribution is 2.33. The first-order valence-corrected chi connectivity index (χ1v) is 7.57. The lowest BCUT2D eigenvalue weighted by atomic mass is 9.87. The van der Waals surface area contributed by atoms with Crippen LogP contribution in [0.5, 0.6) is 5.88 Å². The van der Waals surface area contributed by atoms with Crippen molar-refractivity contribution < 1.29 is 23.6 Å². The second-order valence-corrected chi connectivity index (χ2v) is 5.77. The van der Waals surface area contributed by atoms with Gasteiger partial charge in [-0.15, -0.1) is 0 Å². The summed E-state index contributed by atoms with van der Waals surface area (Å²) in [6.07, 6.45) is 3.05. The van der Waals surface area contributed by atoms with Crippen molar-refractivity contribution in [3.63, 3.8) is 0 Å². The van der Waals surface area contributed by atoms with Gasteiger partial charge in [0.05, 0.1) is 13.7 Å². The molecule has 0 N–H and O–H groups in total. The zero-order valence-corrected chi connectivity index (χ0v) is 12.7. The summed E-state index contributed by atoms with van der Waals surface area (Å²) in [6, 6.07) is 1.66. The number of likely N-dealkylation sites (tertiary alicyclic amines) is 1. The molecule has 0 radical (unpaired) electrons. The monoisotopic (exact) mass is 308 g/mol. The lowest BCUT2D eigenvalue weighted by Gasteiger charge is -2.37. The van der Waals surface area contributed by atoms with Gasteiger partial charge in [-0.25, -0.2) is 0 Å². The molecule has 2 fully saturated rings. The van der Waals surface area contributed by atoms with E-state index < -0.39 is 5.60 Å². The maximum atomic E-state index is 12.3. The molecule has 0 aliphatic carbocycles. The summed E-state index contributed by atoms with van der Waals surface area (Å²) in [6.45, 7) is 1.37. The van der Waals surface area contributed by atoms with E-state index in [1.807, 2.05) is 0 Å². The van der Waals surface area contributed by atoms with Crippen LogP contribution < -0.4 is 4.74 Å². The van der Waals surface area contributed by atoms with Crippen molar-refractivity contribution >= 4 is 11.7 Å². The molecule has 120 valence electrons. The van der Waals surface area contributed by atoms with E-state index in [0.29, 0.717) is 44.1 Å². The number of amides is 1. The summed E-state index contributed by atoms with van der Waals surface area (Å²) in [5.74, 6) is 0.988. The molecular formula is C15H20N2O5. The number of hydrogen-bond donors (Lipinski definition) is 0. The maximum absolute atomic E-state index is 12.3. The van der Waals surface area contributed by atoms with E-state index in [-0.39, 0.29) is 18.2 Å². The van der Waals surface area contributed by atoms with Gasteiger partial charge < -0.3 is 18.9 Å². The Labute approximate surface area is 128 Å². The average molecular weight is 308 g/mol. The molecule has 1 amide bonds. The second-order valence-electron chi connectivity index (χ2n) is 5.77. The van der Waals surface area contributed by atoms with E-state index in [1.165, 1.54) is 7.11 Å². The molecular weight excluding hydrogens is 288 g/mol. The van der Waals surface area contributed by atoms with Crippen LogP contribution in [0, 0.1) is 0 Å². The molecule has 1 aromatic heterocycles. The van der Waals surface area contributed by atoms with Crippen molar-refractivity contribution in [3.8, 4) is 5.88 Å². The Balaban J connectivity index is 1.52. The number of methoxy groups -OCH3 is 1. The van der Waals surface area contributed by atoms with Gasteiger partial charge in [0.15, 0.2) is 5.78 Å². The minimum absolute atomic E-state index is 0.0333. The third-order valence-corrected chi connectivity index (χ3v) is 4.42. The third-order valence-electron chi connectivity index (χ3n) is 4.42. The van der Waals surface area contributed by atoms with Crippen LogP contribution in [0.4, 0.5) is 0 Å². The smallest absolute Gasteiger partial charge is 0.254 e. The van der Waals surface area contributed by atoms with Crippen molar-refractivity contribution in [3.05, 3.63) is 11.8 Å². The van der Waals surface area contributed by atoms with Crippen molar-refractivity contribution in [2.45, 2.75) is 37.7 Å². The van der Waals surface area contributed by atoms with E-state index in [0.717, 1.165) is 12.8 Å². The Kier molecular flexibility index (Phi) is 4.15. The fourth-order valence-corrected chi connectivity index (χ4v) is 3.08. The lowest BCUT2D eigenvalue weighted by molar-refractivity contribution is -0.152. The Hall–Kier alpha value is -1.89. The molecule has 1 spiro atoms. The Bertz CT molecular complexity index is 562. The lowest BCUT2D eigenvalue weighted by Crippen LogP contribution is -2.53. The average Bonchev–Trinajstić information content (AvgIpc) is 3.17. The first-order valence-electron chi connectivity index (χ1n) is 7.57. The number of Topliss-reactive ketones (excluding diaryl/α,β-unsaturated/α-hetero) is 1. The summed E-state index contributed by atoms with van der Waals surface area (Å²) >= 11 is 0. The van der Waals surface area contributed by atoms with Crippen molar-refractivity contribution in [1.29, 1.82) is 0 Å². The van der Waals surface area contributed by atoms with Crippen molar-refractivity contribution in [2.24, 2.45) is 0 Å². The van der Waals surface area contributed by atoms with Gasteiger partial charge >= 0.3 is 0 Å². The fraction of sp³-hybridized carbons (Fsp3) is 0.667. The minimum atomic E-state index is -0.616. The molecule has 1 atom stereocenters. The van der Waals surface area contributed by atoms with Crippen molar-refractivity contribution in [1.82, 2.24) is 10.1 Å². The van der Waals surface area contributed by atoms with Gasteiger partial charge in [-0.2, -0.15) is 0 Å². The number of carbonyl (C=O) groups is 2. The Morgan fingerprint density at radius 3 is 3.00 bits per heavy atom. The quantitative estimate of drug-likeness (QED) is 0.824. The topological polar surface area (TPSA) is 81.9 Å². The first-order chi connectivity index (χ1) is 10.6. The molecule has 2 aliphatic heterocycles. The predicted molar refractivity (Wildman–Crippen MR) is 75.5 cm³/mol. The number of aromatic nitrogens is 1. The first kappa shape index (κ1) is 15.0. The van der Waals surface area contributed by atoms with Crippen LogP contribution in [-0.4, -0.2) is 54.2 Å². The van der Waals surface area contributed by atoms with Crippen LogP contribution in [0.15, 0.2) is 10.6 Å². The largest absolute Gasteiger partial charge is 0.479 e. The van der Waals surface area contributed by atoms with Crippen LogP contribution in [0.25, 0.3) is 0 Å². The van der Waals surface area contributed by atoms with Gasteiger partial charge in [0.1, 0.15) is 11.4 Å². The van der Waals surface area contributed by atoms with Gasteiger partial charge in [0.25, 0.3) is 5.88 Å². The van der Waals surface area contributed by atoms with Crippen LogP contribution in [0.2, 0.25) is 0 Å². The van der Waals surface area contributed by atoms with Gasteiger partial charge in [-0.1, -0.05) is 0 Å². The van der Waals surface area contributed by atoms with Crippen molar-refractivity contribution in [2.75, 3.05) is 26.8 Å². The van der Waals surface area contributed by atoms with Crippen LogP contribution in [0.3, 0.4) is 0 Å². The number of piperidine rings is 1. The molecule has 7 heteroatoms. The molecule has 3 rings (SSSR count). The van der Waals surface area contributed by atoms with E-state index in [9.17, 15) is 9.59 Å². The minimum Gasteiger partial charge on any atom is -0.479 e. The van der Waals surface area contributed by atoms with Crippen LogP contribution in [-0.2, 0) is 20.7 Å². The highest BCUT2D eigenvalue weighted by Gasteiger charge is 2.46. The standard InChI is InChI=1S/C15H20N2O5/c1-20-13-9-11(22-16-13)3-4-14(19)17-7-6-15(12(18)10-17)5-2-8-21-15/h9H,2-8,10H2,1H3. The maximum Gasteiger partial charge on any atom is 0.254 e. The van der Waals surface area contributed by atoms with Crippen LogP contribution >= 0.6 is 0 Å². The zero-order valence-electron chi connectivity index (χ0n) is 12.7. The summed E-state index contributed by atoms with van der Waals surface area (Å²) in [5, 5.41) is 3.69. The van der Waals surface area contributed by atoms with E-state index in [4.69, 9.17) is 14.0 Å². The van der Waals surface area contributed by atoms with Gasteiger partial charge in [0, 0.05) is 38.5 Å². The van der Waals surface area contributed by atoms with Crippen LogP contribution in [0.1, 0.15) is 31.4 Å². The van der Waals surface area contributed by atoms with Gasteiger partial charge in [0.2, 0.25) is 5.91 Å². The molecule has 0 bridgehead atoms. The number of ketones is 1. The molecule has 7 nitrogen and oxygen atoms in total. The number of nitrogens with zero attached hydrogens (tertiary/aromatic N) is 2. The zero-order chi connectivity index (χ0) is 15.6. The fourth-order valence-electron chi connectivity index (χ4n) is 3.08. The highest BCUT2D eigenvalue weighted by molar-refractivity contribution is 5.93. The molecule has 1 aromatic rings. The number of rotatable bonds is 4. The number of ether oxygens (including phenoxy) is 2. The summed E-state index contributed by atoms with van der Waals surface area (Å²) in [5.41, 5.74) is -0.616. The molecule has 22 heavy (non-hydrogen) atoms. The molecule has 2 saturated heterocycles. The number of aryl methyl sites for hydroxylation is 1. The van der Waals surface area contributed by atoms with E-state index >= 15 is 0 Å². The third kappa shape index (κ3) is 2.85. The molecule has 1 unspecified atom stereocenters. The summed E-state index contributed by atoms with van der Waals surface area (Å²) in [4.78, 5) is 26.1. The number of hydrogen-bond acceptors (Lipinski definition) is 6. The highest BCUT2D eigenvalue weighted by atomic mass is 16.5. The number of carbonyl (C=O) groups excluding carboxylic acids is 2. The summed E-state index contributed by atoms with van der Waals surface area (Å²) < 4.78 is 15.6. The Morgan fingerprint density at radius 2 is 2.36 bits per heavy atom. The molecule has 0 aromatic carbocycles. The summed E-state index contributed by atoms with van der Waals surface area (Å²) in [7, 11) is 1.51.